The minimum Gasteiger partial charge on any atom is -0.481 e. The van der Waals surface area contributed by atoms with Gasteiger partial charge in [-0.3, -0.25) is 4.98 Å². The van der Waals surface area contributed by atoms with Gasteiger partial charge in [-0.15, -0.1) is 42.0 Å². The van der Waals surface area contributed by atoms with Gasteiger partial charge in [-0.25, -0.2) is 0 Å². The number of pyridine rings is 1. The second-order valence-electron chi connectivity index (χ2n) is 11.3. The van der Waals surface area contributed by atoms with E-state index in [4.69, 9.17) is 14.4 Å². The summed E-state index contributed by atoms with van der Waals surface area (Å²) in [5, 5.41) is 2.25. The van der Waals surface area contributed by atoms with Crippen molar-refractivity contribution in [3.63, 3.8) is 0 Å². The van der Waals surface area contributed by atoms with Crippen LogP contribution in [0.1, 0.15) is 0 Å². The number of benzene rings is 6. The van der Waals surface area contributed by atoms with E-state index in [9.17, 15) is 0 Å². The molecule has 5 heteroatoms. The maximum absolute atomic E-state index is 6.13. The predicted octanol–water partition coefficient (Wildman–Crippen LogP) is 10.6. The van der Waals surface area contributed by atoms with Crippen molar-refractivity contribution in [2.24, 2.45) is 0 Å². The van der Waals surface area contributed by atoms with E-state index in [0.717, 1.165) is 66.5 Å². The number of hydrogen-bond acceptors (Lipinski definition) is 3. The molecule has 0 aliphatic heterocycles. The average Bonchev–Trinajstić information content (AvgIpc) is 3.72. The first kappa shape index (κ1) is 28.9. The first-order valence-electron chi connectivity index (χ1n) is 15.3. The minimum absolute atomic E-state index is 0. The van der Waals surface area contributed by atoms with Gasteiger partial charge in [-0.05, 0) is 57.7 Å². The fourth-order valence-corrected chi connectivity index (χ4v) is 6.29. The van der Waals surface area contributed by atoms with Gasteiger partial charge in [0.25, 0.3) is 0 Å². The number of hydrogen-bond donors (Lipinski definition) is 0. The van der Waals surface area contributed by atoms with Crippen molar-refractivity contribution in [3.05, 3.63) is 164 Å². The van der Waals surface area contributed by atoms with E-state index in [-0.39, 0.29) is 21.1 Å². The Labute approximate surface area is 286 Å². The molecule has 0 N–H and O–H groups in total. The molecule has 0 saturated carbocycles. The van der Waals surface area contributed by atoms with Crippen molar-refractivity contribution in [1.82, 2.24) is 14.5 Å². The van der Waals surface area contributed by atoms with Crippen molar-refractivity contribution >= 4 is 32.9 Å². The summed E-state index contributed by atoms with van der Waals surface area (Å²) in [7, 11) is 0. The maximum atomic E-state index is 6.13. The minimum atomic E-state index is 0. The van der Waals surface area contributed by atoms with Crippen LogP contribution in [0.3, 0.4) is 0 Å². The summed E-state index contributed by atoms with van der Waals surface area (Å²) in [5.41, 5.74) is 11.6. The Morgan fingerprint density at radius 2 is 1.32 bits per heavy atom. The Morgan fingerprint density at radius 1 is 0.574 bits per heavy atom. The second kappa shape index (κ2) is 12.0. The molecule has 0 radical (unpaired) electrons. The summed E-state index contributed by atoms with van der Waals surface area (Å²) >= 11 is 0. The van der Waals surface area contributed by atoms with Gasteiger partial charge < -0.3 is 14.0 Å². The van der Waals surface area contributed by atoms with E-state index >= 15 is 0 Å². The van der Waals surface area contributed by atoms with Crippen molar-refractivity contribution in [2.45, 2.75) is 0 Å². The number of rotatable bonds is 5. The molecule has 9 rings (SSSR count). The zero-order valence-electron chi connectivity index (χ0n) is 25.0. The Morgan fingerprint density at radius 3 is 2.15 bits per heavy atom. The summed E-state index contributed by atoms with van der Waals surface area (Å²) in [6.45, 7) is 0. The molecule has 3 heterocycles. The van der Waals surface area contributed by atoms with Crippen LogP contribution in [-0.4, -0.2) is 14.5 Å². The van der Waals surface area contributed by atoms with Crippen molar-refractivity contribution in [2.75, 3.05) is 0 Å². The third kappa shape index (κ3) is 5.08. The molecule has 0 saturated heterocycles. The summed E-state index contributed by atoms with van der Waals surface area (Å²) in [6.07, 6.45) is 1.83. The normalized spacial score (nSPS) is 11.2. The Bertz CT molecular complexity index is 2480. The molecule has 224 valence electrons. The predicted molar refractivity (Wildman–Crippen MR) is 186 cm³/mol. The van der Waals surface area contributed by atoms with E-state index in [1.165, 1.54) is 11.1 Å². The number of oxazole rings is 1. The van der Waals surface area contributed by atoms with Gasteiger partial charge in [0.05, 0.1) is 5.52 Å². The standard InChI is InChI=1S/C42H25N3O.Pt/c1-2-10-28(11-3-1)29-17-19-30(20-18-29)33-24-22-32(27-36(33)37-13-8-9-25-43-37)45-39-15-6-4-12-34(39)35-23-21-31(26-40(35)45)42-44-38-14-5-7-16-41(38)46-42;/h1-25H;/q-2;+2. The summed E-state index contributed by atoms with van der Waals surface area (Å²) < 4.78 is 8.36. The summed E-state index contributed by atoms with van der Waals surface area (Å²) in [4.78, 5) is 9.50. The molecule has 0 fully saturated rings. The molecular formula is C42H25N3OPt. The van der Waals surface area contributed by atoms with Crippen LogP contribution < -0.4 is 0 Å². The fourth-order valence-electron chi connectivity index (χ4n) is 6.29. The second-order valence-corrected chi connectivity index (χ2v) is 11.3. The number of para-hydroxylation sites is 3. The van der Waals surface area contributed by atoms with Crippen LogP contribution in [0.4, 0.5) is 0 Å². The average molecular weight is 783 g/mol. The Hall–Kier alpha value is -5.57. The molecule has 9 aromatic rings. The maximum Gasteiger partial charge on any atom is 2.00 e. The Balaban J connectivity index is 0.00000324. The van der Waals surface area contributed by atoms with E-state index < -0.39 is 0 Å². The smallest absolute Gasteiger partial charge is 0.481 e. The molecule has 0 atom stereocenters. The van der Waals surface area contributed by atoms with Crippen LogP contribution in [0.25, 0.3) is 83.6 Å². The molecule has 0 aliphatic carbocycles. The molecule has 47 heavy (non-hydrogen) atoms. The molecule has 0 bridgehead atoms. The van der Waals surface area contributed by atoms with Gasteiger partial charge in [0, 0.05) is 11.7 Å². The van der Waals surface area contributed by atoms with E-state index in [2.05, 4.69) is 108 Å². The fraction of sp³-hybridized carbons (Fsp3) is 0. The number of aromatic nitrogens is 3. The van der Waals surface area contributed by atoms with Gasteiger partial charge >= 0.3 is 21.1 Å². The van der Waals surface area contributed by atoms with Gasteiger partial charge in [-0.2, -0.15) is 0 Å². The van der Waals surface area contributed by atoms with E-state index in [1.54, 1.807) is 0 Å². The molecule has 4 nitrogen and oxygen atoms in total. The third-order valence-corrected chi connectivity index (χ3v) is 8.50. The van der Waals surface area contributed by atoms with Crippen molar-refractivity contribution < 1.29 is 25.5 Å². The first-order chi connectivity index (χ1) is 22.8. The molecule has 6 aromatic carbocycles. The Kier molecular flexibility index (Phi) is 7.36. The summed E-state index contributed by atoms with van der Waals surface area (Å²) in [6, 6.07) is 57.4. The molecule has 0 aliphatic rings. The SMILES string of the molecule is [Pt+2].[c-]1c(-n2c3[c-]c(-c4nc5ccccc5o4)ccc3c3ccccc32)ccc(-c2ccc(-c3ccccc3)cc2)c1-c1ccccn1. The van der Waals surface area contributed by atoms with Crippen LogP contribution >= 0.6 is 0 Å². The zero-order valence-corrected chi connectivity index (χ0v) is 27.3. The molecule has 0 spiro atoms. The van der Waals surface area contributed by atoms with Gasteiger partial charge in [0.2, 0.25) is 0 Å². The largest absolute Gasteiger partial charge is 2.00 e. The number of nitrogens with zero attached hydrogens (tertiary/aromatic N) is 3. The van der Waals surface area contributed by atoms with Crippen LogP contribution in [-0.2, 0) is 21.1 Å². The van der Waals surface area contributed by atoms with Crippen LogP contribution in [0, 0.1) is 12.1 Å². The van der Waals surface area contributed by atoms with E-state index in [0.29, 0.717) is 5.89 Å². The summed E-state index contributed by atoms with van der Waals surface area (Å²) in [5.74, 6) is 0.548. The molecule has 0 amide bonds. The van der Waals surface area contributed by atoms with Gasteiger partial charge in [-0.1, -0.05) is 119 Å². The molecular weight excluding hydrogens is 758 g/mol. The number of fused-ring (bicyclic) bond motifs is 4. The molecule has 3 aromatic heterocycles. The van der Waals surface area contributed by atoms with Crippen molar-refractivity contribution in [1.29, 1.82) is 0 Å². The topological polar surface area (TPSA) is 43.9 Å². The zero-order chi connectivity index (χ0) is 30.5. The van der Waals surface area contributed by atoms with Crippen LogP contribution in [0.2, 0.25) is 0 Å². The van der Waals surface area contributed by atoms with E-state index in [1.807, 2.05) is 60.8 Å². The first-order valence-corrected chi connectivity index (χ1v) is 15.3. The quantitative estimate of drug-likeness (QED) is 0.163. The van der Waals surface area contributed by atoms with Gasteiger partial charge in [0.15, 0.2) is 0 Å². The third-order valence-electron chi connectivity index (χ3n) is 8.50. The van der Waals surface area contributed by atoms with Gasteiger partial charge in [0.1, 0.15) is 11.5 Å². The van der Waals surface area contributed by atoms with Crippen LogP contribution in [0.5, 0.6) is 0 Å². The molecule has 0 unspecified atom stereocenters. The van der Waals surface area contributed by atoms with Crippen LogP contribution in [0.15, 0.2) is 156 Å². The monoisotopic (exact) mass is 782 g/mol. The van der Waals surface area contributed by atoms with Crippen molar-refractivity contribution in [3.8, 4) is 50.7 Å².